The van der Waals surface area contributed by atoms with Crippen LogP contribution in [-0.2, 0) is 23.8 Å². The first-order chi connectivity index (χ1) is 10.2. The van der Waals surface area contributed by atoms with Gasteiger partial charge in [0.1, 0.15) is 0 Å². The van der Waals surface area contributed by atoms with Crippen molar-refractivity contribution >= 4 is 11.9 Å². The van der Waals surface area contributed by atoms with Crippen molar-refractivity contribution in [2.24, 2.45) is 5.92 Å². The molecular formula is C16H26ClO5-. The number of ether oxygens (including phenoxy) is 3. The molecule has 0 bridgehead atoms. The molecule has 0 unspecified atom stereocenters. The van der Waals surface area contributed by atoms with Gasteiger partial charge in [-0.25, -0.2) is 9.59 Å². The quantitative estimate of drug-likeness (QED) is 0.327. The fourth-order valence-corrected chi connectivity index (χ4v) is 2.35. The van der Waals surface area contributed by atoms with Gasteiger partial charge in [-0.15, -0.1) is 0 Å². The second-order valence-corrected chi connectivity index (χ2v) is 5.28. The summed E-state index contributed by atoms with van der Waals surface area (Å²) in [4.78, 5) is 22.0. The maximum absolute atomic E-state index is 11.2. The number of carbonyl (C=O) groups excluding carboxylic acids is 2. The highest BCUT2D eigenvalue weighted by atomic mass is 35.5. The van der Waals surface area contributed by atoms with Crippen LogP contribution in [0.1, 0.15) is 44.9 Å². The average molecular weight is 334 g/mol. The molecule has 1 aliphatic rings. The minimum Gasteiger partial charge on any atom is -1.00 e. The Bertz CT molecular complexity index is 337. The summed E-state index contributed by atoms with van der Waals surface area (Å²) in [7, 11) is 1.26. The highest BCUT2D eigenvalue weighted by molar-refractivity contribution is 5.91. The van der Waals surface area contributed by atoms with E-state index in [0.717, 1.165) is 44.1 Å². The zero-order valence-corrected chi connectivity index (χ0v) is 14.0. The molecule has 1 saturated heterocycles. The van der Waals surface area contributed by atoms with Crippen LogP contribution in [0.5, 0.6) is 0 Å². The summed E-state index contributed by atoms with van der Waals surface area (Å²) in [5.74, 6) is -0.220. The smallest absolute Gasteiger partial charge is 0.331 e. The maximum Gasteiger partial charge on any atom is 0.331 e. The third-order valence-electron chi connectivity index (χ3n) is 3.65. The van der Waals surface area contributed by atoms with Crippen molar-refractivity contribution in [3.8, 4) is 0 Å². The van der Waals surface area contributed by atoms with Crippen molar-refractivity contribution in [2.75, 3.05) is 26.9 Å². The van der Waals surface area contributed by atoms with Gasteiger partial charge in [0.15, 0.2) is 0 Å². The second kappa shape index (κ2) is 13.6. The largest absolute Gasteiger partial charge is 1.00 e. The SMILES string of the molecule is COC(=O)/C=C/C(=O)OCCCCCCC1CCOCC1.[Cl-]. The number of hydrogen-bond donors (Lipinski definition) is 0. The van der Waals surface area contributed by atoms with Crippen molar-refractivity contribution in [1.82, 2.24) is 0 Å². The number of carbonyl (C=O) groups is 2. The third-order valence-corrected chi connectivity index (χ3v) is 3.65. The summed E-state index contributed by atoms with van der Waals surface area (Å²) in [6.45, 7) is 2.24. The van der Waals surface area contributed by atoms with E-state index in [1.165, 1.54) is 39.2 Å². The minimum absolute atomic E-state index is 0. The molecule has 0 aromatic carbocycles. The Morgan fingerprint density at radius 1 is 1.05 bits per heavy atom. The lowest BCUT2D eigenvalue weighted by atomic mass is 9.94. The molecule has 0 aromatic heterocycles. The van der Waals surface area contributed by atoms with Gasteiger partial charge in [0.2, 0.25) is 0 Å². The molecule has 0 radical (unpaired) electrons. The van der Waals surface area contributed by atoms with Crippen LogP contribution in [0.15, 0.2) is 12.2 Å². The topological polar surface area (TPSA) is 61.8 Å². The number of unbranched alkanes of at least 4 members (excludes halogenated alkanes) is 3. The third kappa shape index (κ3) is 10.6. The summed E-state index contributed by atoms with van der Waals surface area (Å²) in [5.41, 5.74) is 0. The number of hydrogen-bond acceptors (Lipinski definition) is 5. The Hall–Kier alpha value is -1.07. The molecule has 1 heterocycles. The first kappa shape index (κ1) is 20.9. The molecule has 0 N–H and O–H groups in total. The molecular weight excluding hydrogens is 308 g/mol. The van der Waals surface area contributed by atoms with Crippen LogP contribution in [0.25, 0.3) is 0 Å². The predicted molar refractivity (Wildman–Crippen MR) is 78.7 cm³/mol. The van der Waals surface area contributed by atoms with E-state index in [-0.39, 0.29) is 12.4 Å². The summed E-state index contributed by atoms with van der Waals surface area (Å²) in [5, 5.41) is 0. The Morgan fingerprint density at radius 3 is 2.36 bits per heavy atom. The van der Waals surface area contributed by atoms with Gasteiger partial charge < -0.3 is 26.6 Å². The molecule has 6 heteroatoms. The van der Waals surface area contributed by atoms with Crippen molar-refractivity contribution < 1.29 is 36.2 Å². The normalized spacial score (nSPS) is 15.3. The number of esters is 2. The Labute approximate surface area is 138 Å². The van der Waals surface area contributed by atoms with Gasteiger partial charge in [-0.2, -0.15) is 0 Å². The van der Waals surface area contributed by atoms with Crippen LogP contribution in [0, 0.1) is 5.92 Å². The fraction of sp³-hybridized carbons (Fsp3) is 0.750. The first-order valence-electron chi connectivity index (χ1n) is 7.73. The first-order valence-corrected chi connectivity index (χ1v) is 7.73. The molecule has 0 saturated carbocycles. The maximum atomic E-state index is 11.2. The lowest BCUT2D eigenvalue weighted by Crippen LogP contribution is -3.00. The van der Waals surface area contributed by atoms with Gasteiger partial charge in [0.05, 0.1) is 13.7 Å². The molecule has 0 amide bonds. The molecule has 5 nitrogen and oxygen atoms in total. The Morgan fingerprint density at radius 2 is 1.68 bits per heavy atom. The lowest BCUT2D eigenvalue weighted by Gasteiger charge is -2.21. The molecule has 128 valence electrons. The lowest BCUT2D eigenvalue weighted by molar-refractivity contribution is -0.139. The van der Waals surface area contributed by atoms with Crippen molar-refractivity contribution in [3.05, 3.63) is 12.2 Å². The zero-order chi connectivity index (χ0) is 15.3. The van der Waals surface area contributed by atoms with E-state index in [9.17, 15) is 9.59 Å². The van der Waals surface area contributed by atoms with E-state index in [4.69, 9.17) is 9.47 Å². The average Bonchev–Trinajstić information content (AvgIpc) is 2.52. The van der Waals surface area contributed by atoms with Gasteiger partial charge in [0, 0.05) is 25.4 Å². The minimum atomic E-state index is -0.555. The van der Waals surface area contributed by atoms with E-state index in [2.05, 4.69) is 4.74 Å². The van der Waals surface area contributed by atoms with Gasteiger partial charge in [-0.3, -0.25) is 0 Å². The fourth-order valence-electron chi connectivity index (χ4n) is 2.35. The predicted octanol–water partition coefficient (Wildman–Crippen LogP) is -0.360. The summed E-state index contributed by atoms with van der Waals surface area (Å²) < 4.78 is 14.7. The van der Waals surface area contributed by atoms with Crippen LogP contribution in [0.4, 0.5) is 0 Å². The Balaban J connectivity index is 0.00000441. The van der Waals surface area contributed by atoms with Crippen LogP contribution >= 0.6 is 0 Å². The van der Waals surface area contributed by atoms with E-state index >= 15 is 0 Å². The van der Waals surface area contributed by atoms with Crippen LogP contribution in [-0.4, -0.2) is 38.9 Å². The molecule has 0 aromatic rings. The molecule has 0 aliphatic carbocycles. The summed E-state index contributed by atoms with van der Waals surface area (Å²) in [6, 6.07) is 0. The zero-order valence-electron chi connectivity index (χ0n) is 13.2. The molecule has 1 aliphatic heterocycles. The van der Waals surface area contributed by atoms with Crippen molar-refractivity contribution in [1.29, 1.82) is 0 Å². The molecule has 0 spiro atoms. The van der Waals surface area contributed by atoms with Crippen molar-refractivity contribution in [2.45, 2.75) is 44.9 Å². The van der Waals surface area contributed by atoms with E-state index in [1.54, 1.807) is 0 Å². The van der Waals surface area contributed by atoms with Crippen LogP contribution < -0.4 is 12.4 Å². The van der Waals surface area contributed by atoms with Crippen LogP contribution in [0.2, 0.25) is 0 Å². The van der Waals surface area contributed by atoms with Crippen molar-refractivity contribution in [3.63, 3.8) is 0 Å². The molecule has 1 rings (SSSR count). The van der Waals surface area contributed by atoms with Crippen LogP contribution in [0.3, 0.4) is 0 Å². The highest BCUT2D eigenvalue weighted by Gasteiger charge is 2.12. The molecule has 22 heavy (non-hydrogen) atoms. The van der Waals surface area contributed by atoms with Gasteiger partial charge >= 0.3 is 11.9 Å². The van der Waals surface area contributed by atoms with Gasteiger partial charge in [-0.1, -0.05) is 25.7 Å². The summed E-state index contributed by atoms with van der Waals surface area (Å²) in [6.07, 6.45) is 10.2. The number of methoxy groups -OCH3 is 1. The standard InChI is InChI=1S/C16H26O5.ClH/c1-19-15(17)7-8-16(18)21-11-5-3-2-4-6-14-9-12-20-13-10-14;/h7-8,14H,2-6,9-13H2,1H3;1H/p-1/b8-7+;. The molecule has 1 fully saturated rings. The Kier molecular flexibility index (Phi) is 12.9. The van der Waals surface area contributed by atoms with E-state index in [1.807, 2.05) is 0 Å². The van der Waals surface area contributed by atoms with E-state index in [0.29, 0.717) is 6.61 Å². The number of rotatable bonds is 9. The number of halogens is 1. The van der Waals surface area contributed by atoms with Gasteiger partial charge in [0.25, 0.3) is 0 Å². The van der Waals surface area contributed by atoms with Gasteiger partial charge in [-0.05, 0) is 25.2 Å². The molecule has 0 atom stereocenters. The second-order valence-electron chi connectivity index (χ2n) is 5.28. The van der Waals surface area contributed by atoms with E-state index < -0.39 is 11.9 Å². The summed E-state index contributed by atoms with van der Waals surface area (Å²) >= 11 is 0. The highest BCUT2D eigenvalue weighted by Crippen LogP contribution is 2.21. The monoisotopic (exact) mass is 333 g/mol.